The molecule has 2 aromatic carbocycles. The molecule has 0 bridgehead atoms. The molecule has 1 aliphatic rings. The number of nitrogens with one attached hydrogen (secondary N) is 1. The summed E-state index contributed by atoms with van der Waals surface area (Å²) in [6.07, 6.45) is -5.52. The van der Waals surface area contributed by atoms with Gasteiger partial charge < -0.3 is 30.7 Å². The van der Waals surface area contributed by atoms with E-state index in [1.54, 1.807) is 30.3 Å². The number of carbonyl (C=O) groups excluding carboxylic acids is 1. The standard InChI is InChI=1S/C19H18F2N2O6.ClH/c20-19(21)28-13-8-4-7-11(16(13)29-19)14(18(26)27)23-17(25)15(24)12(22)9-10-5-2-1-3-6-10;/h1-8,12,14-15,24H,9,22H2,(H,23,25)(H,26,27);1H/t12-,14+,15+;/m1./s1. The summed E-state index contributed by atoms with van der Waals surface area (Å²) in [6.45, 7) is 0. The Bertz CT molecular complexity index is 915. The Hall–Kier alpha value is -2.95. The lowest BCUT2D eigenvalue weighted by atomic mass is 10.0. The number of nitrogens with two attached hydrogens (primary N) is 1. The largest absolute Gasteiger partial charge is 0.586 e. The topological polar surface area (TPSA) is 131 Å². The molecule has 0 radical (unpaired) electrons. The summed E-state index contributed by atoms with van der Waals surface area (Å²) in [4.78, 5) is 24.0. The van der Waals surface area contributed by atoms with E-state index in [1.807, 2.05) is 0 Å². The Morgan fingerprint density at radius 2 is 1.77 bits per heavy atom. The molecule has 11 heteroatoms. The second-order valence-electron chi connectivity index (χ2n) is 6.42. The van der Waals surface area contributed by atoms with Crippen molar-refractivity contribution in [1.29, 1.82) is 0 Å². The molecular formula is C19H19ClF2N2O6. The Morgan fingerprint density at radius 3 is 2.40 bits per heavy atom. The van der Waals surface area contributed by atoms with Crippen molar-refractivity contribution in [3.63, 3.8) is 0 Å². The van der Waals surface area contributed by atoms with E-state index in [1.165, 1.54) is 18.2 Å². The highest BCUT2D eigenvalue weighted by atomic mass is 35.5. The second kappa shape index (κ2) is 9.24. The number of benzene rings is 2. The van der Waals surface area contributed by atoms with Crippen LogP contribution in [0.2, 0.25) is 0 Å². The van der Waals surface area contributed by atoms with E-state index in [-0.39, 0.29) is 30.1 Å². The van der Waals surface area contributed by atoms with Crippen LogP contribution >= 0.6 is 12.4 Å². The van der Waals surface area contributed by atoms with Gasteiger partial charge in [0, 0.05) is 11.6 Å². The zero-order chi connectivity index (χ0) is 21.2. The molecule has 162 valence electrons. The Morgan fingerprint density at radius 1 is 1.10 bits per heavy atom. The van der Waals surface area contributed by atoms with Gasteiger partial charge in [-0.15, -0.1) is 21.2 Å². The number of hydrogen-bond acceptors (Lipinski definition) is 6. The summed E-state index contributed by atoms with van der Waals surface area (Å²) in [5.41, 5.74) is 6.38. The first-order valence-corrected chi connectivity index (χ1v) is 8.57. The van der Waals surface area contributed by atoms with E-state index in [9.17, 15) is 28.6 Å². The molecule has 0 aromatic heterocycles. The van der Waals surface area contributed by atoms with Gasteiger partial charge in [0.05, 0.1) is 0 Å². The van der Waals surface area contributed by atoms with E-state index in [0.717, 1.165) is 5.56 Å². The van der Waals surface area contributed by atoms with Gasteiger partial charge in [-0.05, 0) is 18.1 Å². The van der Waals surface area contributed by atoms with Crippen molar-refractivity contribution in [2.75, 3.05) is 0 Å². The predicted molar refractivity (Wildman–Crippen MR) is 103 cm³/mol. The van der Waals surface area contributed by atoms with Crippen LogP contribution in [0.5, 0.6) is 11.5 Å². The van der Waals surface area contributed by atoms with Crippen molar-refractivity contribution in [1.82, 2.24) is 5.32 Å². The Kier molecular flexibility index (Phi) is 7.19. The van der Waals surface area contributed by atoms with Crippen molar-refractivity contribution in [2.24, 2.45) is 5.73 Å². The summed E-state index contributed by atoms with van der Waals surface area (Å²) in [5, 5.41) is 21.8. The summed E-state index contributed by atoms with van der Waals surface area (Å²) >= 11 is 0. The van der Waals surface area contributed by atoms with E-state index < -0.39 is 42.1 Å². The number of carboxylic acid groups (broad SMARTS) is 1. The average molecular weight is 445 g/mol. The number of aliphatic carboxylic acids is 1. The molecule has 0 saturated heterocycles. The van der Waals surface area contributed by atoms with Crippen molar-refractivity contribution < 1.29 is 38.1 Å². The molecule has 1 amide bonds. The molecular weight excluding hydrogens is 426 g/mol. The lowest BCUT2D eigenvalue weighted by Gasteiger charge is -2.22. The van der Waals surface area contributed by atoms with E-state index in [0.29, 0.717) is 0 Å². The van der Waals surface area contributed by atoms with Crippen LogP contribution in [-0.2, 0) is 16.0 Å². The van der Waals surface area contributed by atoms with Crippen molar-refractivity contribution in [2.45, 2.75) is 30.9 Å². The monoisotopic (exact) mass is 444 g/mol. The Labute approximate surface area is 176 Å². The number of alkyl halides is 2. The third-order valence-electron chi connectivity index (χ3n) is 4.29. The van der Waals surface area contributed by atoms with Crippen LogP contribution in [0.15, 0.2) is 48.5 Å². The number of fused-ring (bicyclic) bond motifs is 1. The number of carbonyl (C=O) groups is 2. The number of halogens is 3. The highest BCUT2D eigenvalue weighted by Crippen LogP contribution is 2.45. The lowest BCUT2D eigenvalue weighted by molar-refractivity contribution is -0.287. The normalized spacial score (nSPS) is 16.7. The van der Waals surface area contributed by atoms with Gasteiger partial charge in [-0.3, -0.25) is 4.79 Å². The fourth-order valence-corrected chi connectivity index (χ4v) is 2.91. The molecule has 3 rings (SSSR count). The molecule has 1 aliphatic heterocycles. The number of rotatable bonds is 7. The van der Waals surface area contributed by atoms with Crippen LogP contribution in [0, 0.1) is 0 Å². The van der Waals surface area contributed by atoms with Crippen LogP contribution in [0.1, 0.15) is 17.2 Å². The van der Waals surface area contributed by atoms with Gasteiger partial charge in [-0.25, -0.2) is 4.79 Å². The number of amides is 1. The van der Waals surface area contributed by atoms with Gasteiger partial charge in [0.15, 0.2) is 17.5 Å². The fourth-order valence-electron chi connectivity index (χ4n) is 2.91. The molecule has 5 N–H and O–H groups in total. The van der Waals surface area contributed by atoms with Crippen LogP contribution in [-0.4, -0.2) is 40.5 Å². The highest BCUT2D eigenvalue weighted by Gasteiger charge is 2.46. The number of hydrogen-bond donors (Lipinski definition) is 4. The first-order chi connectivity index (χ1) is 13.7. The number of para-hydroxylation sites is 1. The van der Waals surface area contributed by atoms with Crippen LogP contribution in [0.3, 0.4) is 0 Å². The SMILES string of the molecule is Cl.N[C@H](Cc1ccccc1)[C@H](O)C(=O)N[C@H](C(=O)O)c1cccc2c1OC(F)(F)O2. The quantitative estimate of drug-likeness (QED) is 0.510. The van der Waals surface area contributed by atoms with Gasteiger partial charge >= 0.3 is 12.3 Å². The van der Waals surface area contributed by atoms with Gasteiger partial charge in [0.2, 0.25) is 0 Å². The summed E-state index contributed by atoms with van der Waals surface area (Å²) in [6, 6.07) is 9.70. The molecule has 0 spiro atoms. The molecule has 0 aliphatic carbocycles. The molecule has 8 nitrogen and oxygen atoms in total. The average Bonchev–Trinajstić information content (AvgIpc) is 2.99. The minimum absolute atomic E-state index is 0. The lowest BCUT2D eigenvalue weighted by Crippen LogP contribution is -2.49. The number of ether oxygens (including phenoxy) is 2. The number of carboxylic acids is 1. The third kappa shape index (κ3) is 5.15. The van der Waals surface area contributed by atoms with Crippen LogP contribution in [0.4, 0.5) is 8.78 Å². The molecule has 2 aromatic rings. The smallest absolute Gasteiger partial charge is 0.479 e. The zero-order valence-corrected chi connectivity index (χ0v) is 16.1. The van der Waals surface area contributed by atoms with Crippen LogP contribution < -0.4 is 20.5 Å². The maximum Gasteiger partial charge on any atom is 0.586 e. The molecule has 3 atom stereocenters. The predicted octanol–water partition coefficient (Wildman–Crippen LogP) is 1.60. The maximum absolute atomic E-state index is 13.3. The minimum atomic E-state index is -3.96. The van der Waals surface area contributed by atoms with Gasteiger partial charge in [0.1, 0.15) is 6.10 Å². The maximum atomic E-state index is 13.3. The minimum Gasteiger partial charge on any atom is -0.479 e. The number of aliphatic hydroxyl groups is 1. The molecule has 0 saturated carbocycles. The van der Waals surface area contributed by atoms with Gasteiger partial charge in [-0.2, -0.15) is 0 Å². The first kappa shape index (κ1) is 23.3. The van der Waals surface area contributed by atoms with E-state index in [4.69, 9.17) is 5.73 Å². The summed E-state index contributed by atoms with van der Waals surface area (Å²) < 4.78 is 35.4. The summed E-state index contributed by atoms with van der Waals surface area (Å²) in [5.74, 6) is -3.49. The molecule has 1 heterocycles. The van der Waals surface area contributed by atoms with Crippen molar-refractivity contribution in [3.05, 3.63) is 59.7 Å². The van der Waals surface area contributed by atoms with Crippen LogP contribution in [0.25, 0.3) is 0 Å². The molecule has 0 fully saturated rings. The van der Waals surface area contributed by atoms with Crippen molar-refractivity contribution >= 4 is 24.3 Å². The highest BCUT2D eigenvalue weighted by molar-refractivity contribution is 5.88. The molecule has 30 heavy (non-hydrogen) atoms. The van der Waals surface area contributed by atoms with Crippen molar-refractivity contribution in [3.8, 4) is 11.5 Å². The molecule has 0 unspecified atom stereocenters. The third-order valence-corrected chi connectivity index (χ3v) is 4.29. The fraction of sp³-hybridized carbons (Fsp3) is 0.263. The first-order valence-electron chi connectivity index (χ1n) is 8.57. The van der Waals surface area contributed by atoms with Gasteiger partial charge in [-0.1, -0.05) is 42.5 Å². The van der Waals surface area contributed by atoms with E-state index in [2.05, 4.69) is 14.8 Å². The summed E-state index contributed by atoms with van der Waals surface area (Å²) in [7, 11) is 0. The number of aliphatic hydroxyl groups excluding tert-OH is 1. The zero-order valence-electron chi connectivity index (χ0n) is 15.3. The van der Waals surface area contributed by atoms with Gasteiger partial charge in [0.25, 0.3) is 5.91 Å². The Balaban J connectivity index is 0.00000320. The van der Waals surface area contributed by atoms with E-state index >= 15 is 0 Å². The second-order valence-corrected chi connectivity index (χ2v) is 6.42.